The smallest absolute Gasteiger partial charge is 0.229 e. The topological polar surface area (TPSA) is 67.9 Å². The standard InChI is InChI=1S/C23H28N2O4/c1-23(2,3)17-8-6-7-9-18(17)25-14-15(12-21(25)26)22(27)24-16-10-11-19(28-4)20(13-16)29-5/h6-11,13,15H,12,14H2,1-5H3,(H,24,27). The maximum Gasteiger partial charge on any atom is 0.229 e. The van der Waals surface area contributed by atoms with E-state index in [1.54, 1.807) is 37.3 Å². The first kappa shape index (κ1) is 20.7. The third-order valence-corrected chi connectivity index (χ3v) is 5.15. The molecule has 1 N–H and O–H groups in total. The maximum atomic E-state index is 12.8. The number of para-hydroxylation sites is 1. The van der Waals surface area contributed by atoms with Crippen molar-refractivity contribution in [3.63, 3.8) is 0 Å². The van der Waals surface area contributed by atoms with Crippen LogP contribution in [0.25, 0.3) is 0 Å². The first-order chi connectivity index (χ1) is 13.7. The summed E-state index contributed by atoms with van der Waals surface area (Å²) in [6, 6.07) is 13.1. The molecule has 0 spiro atoms. The van der Waals surface area contributed by atoms with Crippen molar-refractivity contribution >= 4 is 23.2 Å². The van der Waals surface area contributed by atoms with E-state index >= 15 is 0 Å². The van der Waals surface area contributed by atoms with Gasteiger partial charge in [-0.25, -0.2) is 0 Å². The molecule has 154 valence electrons. The van der Waals surface area contributed by atoms with Crippen LogP contribution in [0.5, 0.6) is 11.5 Å². The molecular formula is C23H28N2O4. The Hall–Kier alpha value is -3.02. The number of nitrogens with one attached hydrogen (secondary N) is 1. The number of benzene rings is 2. The highest BCUT2D eigenvalue weighted by molar-refractivity contribution is 6.04. The van der Waals surface area contributed by atoms with Crippen LogP contribution in [-0.2, 0) is 15.0 Å². The molecule has 0 bridgehead atoms. The van der Waals surface area contributed by atoms with Gasteiger partial charge in [-0.2, -0.15) is 0 Å². The summed E-state index contributed by atoms with van der Waals surface area (Å²) in [7, 11) is 3.11. The van der Waals surface area contributed by atoms with Gasteiger partial charge < -0.3 is 19.7 Å². The molecule has 1 fully saturated rings. The van der Waals surface area contributed by atoms with E-state index in [0.29, 0.717) is 23.7 Å². The second-order valence-electron chi connectivity index (χ2n) is 8.23. The van der Waals surface area contributed by atoms with Crippen LogP contribution in [0.1, 0.15) is 32.8 Å². The van der Waals surface area contributed by atoms with E-state index in [0.717, 1.165) is 11.3 Å². The number of carbonyl (C=O) groups excluding carboxylic acids is 2. The number of anilines is 2. The number of ether oxygens (including phenoxy) is 2. The Morgan fingerprint density at radius 3 is 2.41 bits per heavy atom. The number of hydrogen-bond acceptors (Lipinski definition) is 4. The molecule has 1 saturated heterocycles. The van der Waals surface area contributed by atoms with Crippen LogP contribution in [0, 0.1) is 5.92 Å². The second-order valence-corrected chi connectivity index (χ2v) is 8.23. The Morgan fingerprint density at radius 2 is 1.76 bits per heavy atom. The molecule has 0 aliphatic carbocycles. The molecule has 1 heterocycles. The lowest BCUT2D eigenvalue weighted by atomic mass is 9.85. The van der Waals surface area contributed by atoms with Crippen molar-refractivity contribution in [1.82, 2.24) is 0 Å². The van der Waals surface area contributed by atoms with Crippen LogP contribution in [0.2, 0.25) is 0 Å². The third-order valence-electron chi connectivity index (χ3n) is 5.15. The molecule has 29 heavy (non-hydrogen) atoms. The molecule has 2 amide bonds. The quantitative estimate of drug-likeness (QED) is 0.830. The fourth-order valence-corrected chi connectivity index (χ4v) is 3.62. The number of hydrogen-bond donors (Lipinski definition) is 1. The van der Waals surface area contributed by atoms with Gasteiger partial charge in [-0.3, -0.25) is 9.59 Å². The lowest BCUT2D eigenvalue weighted by Gasteiger charge is -2.27. The molecule has 1 aliphatic rings. The first-order valence-corrected chi connectivity index (χ1v) is 9.67. The van der Waals surface area contributed by atoms with E-state index < -0.39 is 5.92 Å². The molecule has 2 aromatic rings. The fourth-order valence-electron chi connectivity index (χ4n) is 3.62. The largest absolute Gasteiger partial charge is 0.493 e. The van der Waals surface area contributed by atoms with Gasteiger partial charge in [0.2, 0.25) is 11.8 Å². The summed E-state index contributed by atoms with van der Waals surface area (Å²) in [5, 5.41) is 2.89. The van der Waals surface area contributed by atoms with Gasteiger partial charge >= 0.3 is 0 Å². The molecular weight excluding hydrogens is 368 g/mol. The summed E-state index contributed by atoms with van der Waals surface area (Å²) in [5.41, 5.74) is 2.48. The lowest BCUT2D eigenvalue weighted by Crippen LogP contribution is -2.30. The zero-order valence-electron chi connectivity index (χ0n) is 17.6. The van der Waals surface area contributed by atoms with Crippen LogP contribution in [0.4, 0.5) is 11.4 Å². The first-order valence-electron chi connectivity index (χ1n) is 9.67. The molecule has 0 saturated carbocycles. The van der Waals surface area contributed by atoms with Crippen molar-refractivity contribution in [2.24, 2.45) is 5.92 Å². The number of rotatable bonds is 5. The maximum absolute atomic E-state index is 12.8. The SMILES string of the molecule is COc1ccc(NC(=O)C2CC(=O)N(c3ccccc3C(C)(C)C)C2)cc1OC. The molecule has 1 atom stereocenters. The summed E-state index contributed by atoms with van der Waals surface area (Å²) in [4.78, 5) is 27.3. The third kappa shape index (κ3) is 4.36. The predicted molar refractivity (Wildman–Crippen MR) is 114 cm³/mol. The van der Waals surface area contributed by atoms with Crippen LogP contribution >= 0.6 is 0 Å². The van der Waals surface area contributed by atoms with Gasteiger partial charge in [-0.1, -0.05) is 39.0 Å². The average Bonchev–Trinajstić information content (AvgIpc) is 3.09. The molecule has 1 aliphatic heterocycles. The van der Waals surface area contributed by atoms with Gasteiger partial charge in [0.05, 0.1) is 20.1 Å². The van der Waals surface area contributed by atoms with Crippen LogP contribution in [0.15, 0.2) is 42.5 Å². The summed E-state index contributed by atoms with van der Waals surface area (Å²) >= 11 is 0. The van der Waals surface area contributed by atoms with Crippen molar-refractivity contribution in [3.05, 3.63) is 48.0 Å². The van der Waals surface area contributed by atoms with Crippen LogP contribution in [0.3, 0.4) is 0 Å². The van der Waals surface area contributed by atoms with Crippen molar-refractivity contribution in [3.8, 4) is 11.5 Å². The molecule has 6 nitrogen and oxygen atoms in total. The normalized spacial score (nSPS) is 16.7. The zero-order valence-corrected chi connectivity index (χ0v) is 17.6. The van der Waals surface area contributed by atoms with Gasteiger partial charge in [0.1, 0.15) is 0 Å². The van der Waals surface area contributed by atoms with E-state index in [-0.39, 0.29) is 23.7 Å². The molecule has 1 unspecified atom stereocenters. The highest BCUT2D eigenvalue weighted by Gasteiger charge is 2.37. The Balaban J connectivity index is 1.77. The van der Waals surface area contributed by atoms with Crippen molar-refractivity contribution in [2.45, 2.75) is 32.6 Å². The summed E-state index contributed by atoms with van der Waals surface area (Å²) in [6.45, 7) is 6.72. The van der Waals surface area contributed by atoms with E-state index in [9.17, 15) is 9.59 Å². The summed E-state index contributed by atoms with van der Waals surface area (Å²) in [6.07, 6.45) is 0.192. The van der Waals surface area contributed by atoms with Gasteiger partial charge in [-0.15, -0.1) is 0 Å². The van der Waals surface area contributed by atoms with Gasteiger partial charge in [0.25, 0.3) is 0 Å². The van der Waals surface area contributed by atoms with Gasteiger partial charge in [0.15, 0.2) is 11.5 Å². The lowest BCUT2D eigenvalue weighted by molar-refractivity contribution is -0.122. The molecule has 6 heteroatoms. The van der Waals surface area contributed by atoms with E-state index in [1.807, 2.05) is 24.3 Å². The van der Waals surface area contributed by atoms with Crippen molar-refractivity contribution in [2.75, 3.05) is 31.0 Å². The number of nitrogens with zero attached hydrogens (tertiary/aromatic N) is 1. The Kier molecular flexibility index (Phi) is 5.82. The van der Waals surface area contributed by atoms with Crippen molar-refractivity contribution in [1.29, 1.82) is 0 Å². The van der Waals surface area contributed by atoms with Gasteiger partial charge in [-0.05, 0) is 29.2 Å². The predicted octanol–water partition coefficient (Wildman–Crippen LogP) is 3.99. The average molecular weight is 396 g/mol. The molecule has 2 aromatic carbocycles. The van der Waals surface area contributed by atoms with E-state index in [4.69, 9.17) is 9.47 Å². The number of methoxy groups -OCH3 is 2. The molecule has 3 rings (SSSR count). The zero-order chi connectivity index (χ0) is 21.2. The fraction of sp³-hybridized carbons (Fsp3) is 0.391. The minimum absolute atomic E-state index is 0.0332. The minimum Gasteiger partial charge on any atom is -0.493 e. The van der Waals surface area contributed by atoms with E-state index in [2.05, 4.69) is 26.1 Å². The molecule has 0 aromatic heterocycles. The minimum atomic E-state index is -0.413. The van der Waals surface area contributed by atoms with Crippen LogP contribution in [-0.4, -0.2) is 32.6 Å². The second kappa shape index (κ2) is 8.15. The monoisotopic (exact) mass is 396 g/mol. The Morgan fingerprint density at radius 1 is 1.07 bits per heavy atom. The Bertz CT molecular complexity index is 917. The van der Waals surface area contributed by atoms with Crippen LogP contribution < -0.4 is 19.7 Å². The highest BCUT2D eigenvalue weighted by atomic mass is 16.5. The van der Waals surface area contributed by atoms with E-state index in [1.165, 1.54) is 0 Å². The summed E-state index contributed by atoms with van der Waals surface area (Å²) < 4.78 is 10.5. The van der Waals surface area contributed by atoms with Gasteiger partial charge in [0, 0.05) is 30.4 Å². The number of carbonyl (C=O) groups is 2. The highest BCUT2D eigenvalue weighted by Crippen LogP contribution is 2.35. The Labute approximate surface area is 171 Å². The summed E-state index contributed by atoms with van der Waals surface area (Å²) in [5.74, 6) is 0.499. The van der Waals surface area contributed by atoms with Crippen molar-refractivity contribution < 1.29 is 19.1 Å². The molecule has 0 radical (unpaired) electrons. The number of amides is 2.